The molecule has 1 aliphatic heterocycles. The van der Waals surface area contributed by atoms with Crippen molar-refractivity contribution in [2.24, 2.45) is 5.92 Å². The van der Waals surface area contributed by atoms with Crippen LogP contribution in [0.2, 0.25) is 0 Å². The number of carbonyl (C=O) groups is 1. The Labute approximate surface area is 196 Å². The van der Waals surface area contributed by atoms with Crippen LogP contribution in [-0.2, 0) is 19.6 Å². The molecule has 0 saturated carbocycles. The summed E-state index contributed by atoms with van der Waals surface area (Å²) in [5.41, 5.74) is -0.741. The van der Waals surface area contributed by atoms with Gasteiger partial charge < -0.3 is 24.6 Å². The Morgan fingerprint density at radius 2 is 2.09 bits per heavy atom. The van der Waals surface area contributed by atoms with E-state index in [1.165, 1.54) is 28.4 Å². The van der Waals surface area contributed by atoms with Crippen LogP contribution in [0.3, 0.4) is 0 Å². The number of fused-ring (bicyclic) bond motifs is 1. The van der Waals surface area contributed by atoms with Gasteiger partial charge in [-0.1, -0.05) is 18.8 Å². The number of hydrogen-bond donors (Lipinski definition) is 2. The number of methoxy groups -OCH3 is 1. The van der Waals surface area contributed by atoms with Crippen molar-refractivity contribution in [2.75, 3.05) is 40.5 Å². The number of benzene rings is 1. The second kappa shape index (κ2) is 10.8. The van der Waals surface area contributed by atoms with Gasteiger partial charge in [-0.3, -0.25) is 4.79 Å². The third-order valence-electron chi connectivity index (χ3n) is 5.33. The van der Waals surface area contributed by atoms with E-state index < -0.39 is 27.8 Å². The fourth-order valence-corrected chi connectivity index (χ4v) is 5.18. The molecule has 0 bridgehead atoms. The average molecular weight is 483 g/mol. The fourth-order valence-electron chi connectivity index (χ4n) is 3.35. The molecule has 0 unspecified atom stereocenters. The summed E-state index contributed by atoms with van der Waals surface area (Å²) in [5, 5.41) is 19.6. The maximum absolute atomic E-state index is 13.5. The van der Waals surface area contributed by atoms with Crippen LogP contribution in [0.15, 0.2) is 23.1 Å². The Hall–Kier alpha value is -2.16. The Kier molecular flexibility index (Phi) is 8.90. The van der Waals surface area contributed by atoms with Crippen LogP contribution in [0.1, 0.15) is 33.3 Å². The highest BCUT2D eigenvalue weighted by molar-refractivity contribution is 7.89. The molecule has 0 radical (unpaired) electrons. The molecule has 0 saturated heterocycles. The lowest BCUT2D eigenvalue weighted by atomic mass is 10.0. The van der Waals surface area contributed by atoms with Gasteiger partial charge in [-0.05, 0) is 39.0 Å². The van der Waals surface area contributed by atoms with E-state index in [1.807, 2.05) is 6.92 Å². The number of nitrogens with zero attached hydrogens (tertiary/aromatic N) is 2. The van der Waals surface area contributed by atoms with E-state index in [9.17, 15) is 23.4 Å². The fraction of sp³-hybridized carbons (Fsp3) is 0.609. The van der Waals surface area contributed by atoms with Crippen LogP contribution < -0.4 is 4.74 Å². The molecule has 1 aromatic carbocycles. The summed E-state index contributed by atoms with van der Waals surface area (Å²) in [6, 6.07) is 3.85. The molecule has 9 nitrogen and oxygen atoms in total. The first kappa shape index (κ1) is 27.1. The normalized spacial score (nSPS) is 21.5. The molecule has 184 valence electrons. The minimum Gasteiger partial charge on any atom is -0.487 e. The van der Waals surface area contributed by atoms with Crippen molar-refractivity contribution in [1.29, 1.82) is 0 Å². The van der Waals surface area contributed by atoms with Crippen molar-refractivity contribution in [3.8, 4) is 17.6 Å². The first-order valence-corrected chi connectivity index (χ1v) is 12.2. The Balaban J connectivity index is 2.57. The van der Waals surface area contributed by atoms with Gasteiger partial charge in [0.2, 0.25) is 15.9 Å². The summed E-state index contributed by atoms with van der Waals surface area (Å²) in [5.74, 6) is 5.12. The van der Waals surface area contributed by atoms with Crippen LogP contribution in [0, 0.1) is 17.8 Å². The summed E-state index contributed by atoms with van der Waals surface area (Å²) < 4.78 is 39.3. The van der Waals surface area contributed by atoms with E-state index in [0.29, 0.717) is 5.56 Å². The zero-order chi connectivity index (χ0) is 25.0. The standard InChI is InChI=1S/C23H34N2O7S/c1-16-12-25(17(2)14-26)33(29,30)21-8-7-18(9-10-23(3,4)28)11-19(21)32-20(16)13-24(5)22(27)15-31-6/h7-8,11,16-17,20,26,28H,12-15H2,1-6H3/t16-,17-,20-/m0/s1. The molecular formula is C23H34N2O7S. The van der Waals surface area contributed by atoms with Gasteiger partial charge in [-0.15, -0.1) is 0 Å². The highest BCUT2D eigenvalue weighted by atomic mass is 32.2. The van der Waals surface area contributed by atoms with E-state index in [2.05, 4.69) is 11.8 Å². The molecule has 0 aliphatic carbocycles. The monoisotopic (exact) mass is 482 g/mol. The van der Waals surface area contributed by atoms with Crippen LogP contribution >= 0.6 is 0 Å². The molecule has 1 aliphatic rings. The number of likely N-dealkylation sites (N-methyl/N-ethyl adjacent to an activating group) is 1. The number of carbonyl (C=O) groups excluding carboxylic acids is 1. The molecule has 2 N–H and O–H groups in total. The van der Waals surface area contributed by atoms with Gasteiger partial charge in [0.15, 0.2) is 0 Å². The van der Waals surface area contributed by atoms with Gasteiger partial charge >= 0.3 is 0 Å². The summed E-state index contributed by atoms with van der Waals surface area (Å²) in [7, 11) is -0.905. The van der Waals surface area contributed by atoms with Crippen LogP contribution in [0.4, 0.5) is 0 Å². The van der Waals surface area contributed by atoms with Crippen LogP contribution in [-0.4, -0.2) is 92.0 Å². The third-order valence-corrected chi connectivity index (χ3v) is 7.35. The van der Waals surface area contributed by atoms with Crippen LogP contribution in [0.5, 0.6) is 5.75 Å². The maximum atomic E-state index is 13.5. The van der Waals surface area contributed by atoms with E-state index in [1.54, 1.807) is 33.9 Å². The quantitative estimate of drug-likeness (QED) is 0.573. The lowest BCUT2D eigenvalue weighted by Gasteiger charge is -2.37. The smallest absolute Gasteiger partial charge is 0.248 e. The predicted octanol–water partition coefficient (Wildman–Crippen LogP) is 0.682. The van der Waals surface area contributed by atoms with E-state index in [0.717, 1.165) is 0 Å². The van der Waals surface area contributed by atoms with Crippen molar-refractivity contribution in [3.63, 3.8) is 0 Å². The topological polar surface area (TPSA) is 117 Å². The number of aliphatic hydroxyl groups is 2. The molecule has 3 atom stereocenters. The summed E-state index contributed by atoms with van der Waals surface area (Å²) in [6.45, 7) is 6.49. The highest BCUT2D eigenvalue weighted by Crippen LogP contribution is 2.34. The molecule has 2 rings (SSSR count). The number of hydrogen-bond acceptors (Lipinski definition) is 7. The van der Waals surface area contributed by atoms with Crippen molar-refractivity contribution in [2.45, 2.75) is 50.3 Å². The second-order valence-electron chi connectivity index (χ2n) is 8.92. The molecule has 1 amide bonds. The van der Waals surface area contributed by atoms with Gasteiger partial charge in [0.1, 0.15) is 29.0 Å². The largest absolute Gasteiger partial charge is 0.487 e. The number of rotatable bonds is 6. The van der Waals surface area contributed by atoms with Gasteiger partial charge in [-0.2, -0.15) is 4.31 Å². The minimum absolute atomic E-state index is 0.0422. The summed E-state index contributed by atoms with van der Waals surface area (Å²) in [4.78, 5) is 13.7. The van der Waals surface area contributed by atoms with Gasteiger partial charge in [0.05, 0.1) is 13.2 Å². The maximum Gasteiger partial charge on any atom is 0.248 e. The zero-order valence-corrected chi connectivity index (χ0v) is 20.8. The number of aliphatic hydroxyl groups excluding tert-OH is 1. The molecule has 0 fully saturated rings. The van der Waals surface area contributed by atoms with Gasteiger partial charge in [-0.25, -0.2) is 8.42 Å². The lowest BCUT2D eigenvalue weighted by Crippen LogP contribution is -2.50. The second-order valence-corrected chi connectivity index (χ2v) is 10.8. The summed E-state index contributed by atoms with van der Waals surface area (Å²) >= 11 is 0. The first-order valence-electron chi connectivity index (χ1n) is 10.7. The molecule has 1 aromatic rings. The Morgan fingerprint density at radius 1 is 1.42 bits per heavy atom. The average Bonchev–Trinajstić information content (AvgIpc) is 2.73. The molecule has 0 spiro atoms. The number of ether oxygens (including phenoxy) is 2. The van der Waals surface area contributed by atoms with E-state index in [4.69, 9.17) is 9.47 Å². The number of sulfonamides is 1. The highest BCUT2D eigenvalue weighted by Gasteiger charge is 2.38. The molecule has 33 heavy (non-hydrogen) atoms. The van der Waals surface area contributed by atoms with Crippen LogP contribution in [0.25, 0.3) is 0 Å². The lowest BCUT2D eigenvalue weighted by molar-refractivity contribution is -0.135. The van der Waals surface area contributed by atoms with Gasteiger partial charge in [0.25, 0.3) is 0 Å². The van der Waals surface area contributed by atoms with E-state index in [-0.39, 0.29) is 48.8 Å². The first-order chi connectivity index (χ1) is 15.3. The SMILES string of the molecule is COCC(=O)N(C)C[C@@H]1Oc2cc(C#CC(C)(C)O)ccc2S(=O)(=O)N([C@@H](C)CO)C[C@@H]1C. The van der Waals surface area contributed by atoms with E-state index >= 15 is 0 Å². The van der Waals surface area contributed by atoms with Crippen molar-refractivity contribution >= 4 is 15.9 Å². The predicted molar refractivity (Wildman–Crippen MR) is 123 cm³/mol. The van der Waals surface area contributed by atoms with Crippen molar-refractivity contribution in [3.05, 3.63) is 23.8 Å². The number of amides is 1. The molecule has 10 heteroatoms. The minimum atomic E-state index is -3.97. The third kappa shape index (κ3) is 6.91. The van der Waals surface area contributed by atoms with Gasteiger partial charge in [0, 0.05) is 38.2 Å². The zero-order valence-electron chi connectivity index (χ0n) is 20.0. The van der Waals surface area contributed by atoms with Crippen molar-refractivity contribution < 1.29 is 32.9 Å². The van der Waals surface area contributed by atoms with Crippen molar-refractivity contribution in [1.82, 2.24) is 9.21 Å². The molecular weight excluding hydrogens is 448 g/mol. The molecule has 0 aromatic heterocycles. The Bertz CT molecular complexity index is 1010. The summed E-state index contributed by atoms with van der Waals surface area (Å²) in [6.07, 6.45) is -0.532. The Morgan fingerprint density at radius 3 is 2.67 bits per heavy atom. The molecule has 1 heterocycles.